The summed E-state index contributed by atoms with van der Waals surface area (Å²) in [5.74, 6) is 3.02. The molecule has 1 N–H and O–H groups in total. The van der Waals surface area contributed by atoms with Gasteiger partial charge in [0.05, 0.1) is 6.04 Å². The Hall–Kier alpha value is -0.900. The van der Waals surface area contributed by atoms with Crippen LogP contribution in [0.15, 0.2) is 0 Å². The minimum atomic E-state index is 0.598. The van der Waals surface area contributed by atoms with Crippen LogP contribution < -0.4 is 5.32 Å². The highest BCUT2D eigenvalue weighted by atomic mass is 15.3. The van der Waals surface area contributed by atoms with Gasteiger partial charge in [-0.05, 0) is 32.7 Å². The summed E-state index contributed by atoms with van der Waals surface area (Å²) in [6, 6.07) is 0.598. The monoisotopic (exact) mass is 192 g/mol. The lowest BCUT2D eigenvalue weighted by Crippen LogP contribution is -2.16. The number of aryl methyl sites for hydroxylation is 1. The van der Waals surface area contributed by atoms with Crippen molar-refractivity contribution in [3.63, 3.8) is 0 Å². The summed E-state index contributed by atoms with van der Waals surface area (Å²) < 4.78 is 2.36. The van der Waals surface area contributed by atoms with Gasteiger partial charge in [-0.1, -0.05) is 0 Å². The van der Waals surface area contributed by atoms with Crippen molar-refractivity contribution in [2.75, 3.05) is 13.1 Å². The van der Waals surface area contributed by atoms with E-state index in [4.69, 9.17) is 0 Å². The lowest BCUT2D eigenvalue weighted by molar-refractivity contribution is 0.511. The average molecular weight is 192 g/mol. The SMILES string of the molecule is Cc1nnc(C2CC2)n1C1CCNC1. The molecule has 2 fully saturated rings. The van der Waals surface area contributed by atoms with Crippen LogP contribution in [-0.4, -0.2) is 27.9 Å². The van der Waals surface area contributed by atoms with Crippen molar-refractivity contribution in [2.45, 2.75) is 38.1 Å². The molecule has 4 heteroatoms. The van der Waals surface area contributed by atoms with E-state index in [0.717, 1.165) is 18.9 Å². The van der Waals surface area contributed by atoms with Gasteiger partial charge in [-0.15, -0.1) is 10.2 Å². The van der Waals surface area contributed by atoms with Gasteiger partial charge in [0.1, 0.15) is 11.6 Å². The normalized spacial score (nSPS) is 27.1. The molecule has 2 heterocycles. The molecule has 2 aliphatic rings. The van der Waals surface area contributed by atoms with E-state index in [2.05, 4.69) is 27.0 Å². The Kier molecular flexibility index (Phi) is 1.83. The first kappa shape index (κ1) is 8.41. The van der Waals surface area contributed by atoms with E-state index in [0.29, 0.717) is 12.0 Å². The number of hydrogen-bond donors (Lipinski definition) is 1. The Morgan fingerprint density at radius 1 is 1.29 bits per heavy atom. The number of nitrogens with zero attached hydrogens (tertiary/aromatic N) is 3. The van der Waals surface area contributed by atoms with Crippen LogP contribution in [0.2, 0.25) is 0 Å². The fourth-order valence-corrected chi connectivity index (χ4v) is 2.32. The molecule has 0 amide bonds. The average Bonchev–Trinajstić information content (AvgIpc) is 2.75. The number of rotatable bonds is 2. The lowest BCUT2D eigenvalue weighted by atomic mass is 10.2. The molecule has 0 aromatic carbocycles. The first-order valence-electron chi connectivity index (χ1n) is 5.48. The number of nitrogens with one attached hydrogen (secondary N) is 1. The molecule has 1 saturated heterocycles. The molecule has 0 bridgehead atoms. The van der Waals surface area contributed by atoms with E-state index >= 15 is 0 Å². The van der Waals surface area contributed by atoms with E-state index < -0.39 is 0 Å². The largest absolute Gasteiger partial charge is 0.315 e. The summed E-state index contributed by atoms with van der Waals surface area (Å²) in [4.78, 5) is 0. The molecule has 1 aromatic heterocycles. The summed E-state index contributed by atoms with van der Waals surface area (Å²) in [6.45, 7) is 4.28. The van der Waals surface area contributed by atoms with Crippen molar-refractivity contribution in [3.8, 4) is 0 Å². The molecule has 1 unspecified atom stereocenters. The van der Waals surface area contributed by atoms with Crippen LogP contribution in [0.25, 0.3) is 0 Å². The molecule has 1 aromatic rings. The summed E-state index contributed by atoms with van der Waals surface area (Å²) >= 11 is 0. The molecular formula is C10H16N4. The molecule has 4 nitrogen and oxygen atoms in total. The number of hydrogen-bond acceptors (Lipinski definition) is 3. The van der Waals surface area contributed by atoms with Crippen LogP contribution in [0, 0.1) is 6.92 Å². The topological polar surface area (TPSA) is 42.7 Å². The lowest BCUT2D eigenvalue weighted by Gasteiger charge is -2.14. The van der Waals surface area contributed by atoms with Gasteiger partial charge in [-0.2, -0.15) is 0 Å². The molecule has 0 radical (unpaired) electrons. The summed E-state index contributed by atoms with van der Waals surface area (Å²) in [6.07, 6.45) is 3.83. The van der Waals surface area contributed by atoms with Gasteiger partial charge in [-0.3, -0.25) is 0 Å². The highest BCUT2D eigenvalue weighted by Crippen LogP contribution is 2.40. The Labute approximate surface area is 83.7 Å². The second kappa shape index (κ2) is 3.05. The van der Waals surface area contributed by atoms with Crippen molar-refractivity contribution in [2.24, 2.45) is 0 Å². The number of aromatic nitrogens is 3. The van der Waals surface area contributed by atoms with Crippen LogP contribution in [0.3, 0.4) is 0 Å². The van der Waals surface area contributed by atoms with Gasteiger partial charge in [0, 0.05) is 12.5 Å². The molecule has 1 saturated carbocycles. The van der Waals surface area contributed by atoms with Crippen LogP contribution in [0.5, 0.6) is 0 Å². The van der Waals surface area contributed by atoms with Gasteiger partial charge in [0.25, 0.3) is 0 Å². The molecule has 3 rings (SSSR count). The molecule has 1 atom stereocenters. The van der Waals surface area contributed by atoms with Gasteiger partial charge in [0.15, 0.2) is 0 Å². The molecule has 14 heavy (non-hydrogen) atoms. The summed E-state index contributed by atoms with van der Waals surface area (Å²) in [5, 5.41) is 11.9. The van der Waals surface area contributed by atoms with Gasteiger partial charge in [-0.25, -0.2) is 0 Å². The van der Waals surface area contributed by atoms with E-state index in [-0.39, 0.29) is 0 Å². The third-order valence-corrected chi connectivity index (χ3v) is 3.23. The standard InChI is InChI=1S/C10H16N4/c1-7-12-13-10(8-2-3-8)14(7)9-4-5-11-6-9/h8-9,11H,2-6H2,1H3. The minimum Gasteiger partial charge on any atom is -0.315 e. The Morgan fingerprint density at radius 3 is 2.79 bits per heavy atom. The third kappa shape index (κ3) is 1.25. The third-order valence-electron chi connectivity index (χ3n) is 3.23. The van der Waals surface area contributed by atoms with Gasteiger partial charge in [0.2, 0.25) is 0 Å². The molecule has 0 spiro atoms. The molecule has 1 aliphatic carbocycles. The van der Waals surface area contributed by atoms with Crippen molar-refractivity contribution >= 4 is 0 Å². The smallest absolute Gasteiger partial charge is 0.136 e. The molecule has 76 valence electrons. The maximum atomic E-state index is 4.31. The minimum absolute atomic E-state index is 0.598. The Bertz CT molecular complexity index is 334. The zero-order valence-electron chi connectivity index (χ0n) is 8.53. The maximum absolute atomic E-state index is 4.31. The van der Waals surface area contributed by atoms with E-state index in [1.807, 2.05) is 0 Å². The van der Waals surface area contributed by atoms with Gasteiger partial charge >= 0.3 is 0 Å². The molecular weight excluding hydrogens is 176 g/mol. The second-order valence-electron chi connectivity index (χ2n) is 4.40. The fourth-order valence-electron chi connectivity index (χ4n) is 2.32. The maximum Gasteiger partial charge on any atom is 0.136 e. The first-order valence-corrected chi connectivity index (χ1v) is 5.48. The Balaban J connectivity index is 1.96. The quantitative estimate of drug-likeness (QED) is 0.760. The summed E-state index contributed by atoms with van der Waals surface area (Å²) in [7, 11) is 0. The van der Waals surface area contributed by atoms with Gasteiger partial charge < -0.3 is 9.88 Å². The van der Waals surface area contributed by atoms with Crippen LogP contribution in [0.4, 0.5) is 0 Å². The predicted octanol–water partition coefficient (Wildman–Crippen LogP) is 0.998. The highest BCUT2D eigenvalue weighted by molar-refractivity contribution is 5.10. The zero-order chi connectivity index (χ0) is 9.54. The zero-order valence-corrected chi connectivity index (χ0v) is 8.53. The molecule has 1 aliphatic heterocycles. The van der Waals surface area contributed by atoms with Crippen molar-refractivity contribution in [1.29, 1.82) is 0 Å². The van der Waals surface area contributed by atoms with Crippen LogP contribution in [-0.2, 0) is 0 Å². The van der Waals surface area contributed by atoms with Crippen LogP contribution in [0.1, 0.15) is 42.9 Å². The van der Waals surface area contributed by atoms with E-state index in [1.54, 1.807) is 0 Å². The highest BCUT2D eigenvalue weighted by Gasteiger charge is 2.32. The summed E-state index contributed by atoms with van der Waals surface area (Å²) in [5.41, 5.74) is 0. The fraction of sp³-hybridized carbons (Fsp3) is 0.800. The second-order valence-corrected chi connectivity index (χ2v) is 4.40. The van der Waals surface area contributed by atoms with Crippen molar-refractivity contribution < 1.29 is 0 Å². The van der Waals surface area contributed by atoms with E-state index in [1.165, 1.54) is 25.1 Å². The first-order chi connectivity index (χ1) is 6.86. The van der Waals surface area contributed by atoms with Crippen LogP contribution >= 0.6 is 0 Å². The van der Waals surface area contributed by atoms with Crippen molar-refractivity contribution in [1.82, 2.24) is 20.1 Å². The van der Waals surface area contributed by atoms with Crippen molar-refractivity contribution in [3.05, 3.63) is 11.6 Å². The van der Waals surface area contributed by atoms with E-state index in [9.17, 15) is 0 Å². The predicted molar refractivity (Wildman–Crippen MR) is 53.3 cm³/mol. The Morgan fingerprint density at radius 2 is 2.14 bits per heavy atom.